The summed E-state index contributed by atoms with van der Waals surface area (Å²) in [6.07, 6.45) is 0. The number of piperazine rings is 1. The fourth-order valence-corrected chi connectivity index (χ4v) is 5.47. The zero-order chi connectivity index (χ0) is 23.4. The molecule has 0 N–H and O–H groups in total. The Morgan fingerprint density at radius 1 is 1.12 bits per heavy atom. The summed E-state index contributed by atoms with van der Waals surface area (Å²) in [5.41, 5.74) is 2.93. The van der Waals surface area contributed by atoms with Gasteiger partial charge in [0.25, 0.3) is 5.91 Å². The first-order valence-electron chi connectivity index (χ1n) is 10.1. The minimum atomic E-state index is -3.83. The third-order valence-electron chi connectivity index (χ3n) is 5.23. The first-order valence-corrected chi connectivity index (χ1v) is 12.5. The van der Waals surface area contributed by atoms with Crippen LogP contribution in [0.2, 0.25) is 0 Å². The average molecular weight is 492 g/mol. The van der Waals surface area contributed by atoms with Crippen LogP contribution in [-0.4, -0.2) is 61.8 Å². The molecule has 2 heterocycles. The van der Waals surface area contributed by atoms with E-state index in [9.17, 15) is 17.6 Å². The van der Waals surface area contributed by atoms with Gasteiger partial charge in [-0.25, -0.2) is 17.8 Å². The van der Waals surface area contributed by atoms with Crippen LogP contribution in [0.15, 0.2) is 58.3 Å². The van der Waals surface area contributed by atoms with Crippen LogP contribution >= 0.6 is 11.3 Å². The van der Waals surface area contributed by atoms with Gasteiger partial charge in [0.1, 0.15) is 12.4 Å². The lowest BCUT2D eigenvalue weighted by Gasteiger charge is -2.34. The molecule has 11 heteroatoms. The Morgan fingerprint density at radius 2 is 1.91 bits per heavy atom. The van der Waals surface area contributed by atoms with Crippen molar-refractivity contribution in [3.8, 4) is 11.5 Å². The quantitative estimate of drug-likeness (QED) is 0.505. The first-order chi connectivity index (χ1) is 15.9. The number of methoxy groups -OCH3 is 1. The zero-order valence-corrected chi connectivity index (χ0v) is 19.4. The summed E-state index contributed by atoms with van der Waals surface area (Å²) in [4.78, 5) is 18.7. The highest BCUT2D eigenvalue weighted by Gasteiger charge is 2.31. The SMILES string of the molecule is COc1cc(C(=O)N2CCN(S(=O)(=O)c3cccc(F)c3)CC2)ccc1OCc1cscn1. The second-order valence-electron chi connectivity index (χ2n) is 7.29. The molecule has 1 fully saturated rings. The molecule has 1 aliphatic heterocycles. The van der Waals surface area contributed by atoms with Crippen LogP contribution in [0.5, 0.6) is 11.5 Å². The topological polar surface area (TPSA) is 89.0 Å². The first kappa shape index (κ1) is 23.1. The standard InChI is InChI=1S/C22H22FN3O5S2/c1-30-21-11-16(5-6-20(21)31-13-18-14-32-15-24-18)22(27)25-7-9-26(10-8-25)33(28,29)19-4-2-3-17(23)12-19/h2-6,11-12,14-15H,7-10,13H2,1H3. The van der Waals surface area contributed by atoms with E-state index in [1.165, 1.54) is 41.0 Å². The number of ether oxygens (including phenoxy) is 2. The molecule has 2 aromatic carbocycles. The number of benzene rings is 2. The maximum Gasteiger partial charge on any atom is 0.254 e. The second-order valence-corrected chi connectivity index (χ2v) is 9.94. The normalized spacial score (nSPS) is 14.8. The number of nitrogens with zero attached hydrogens (tertiary/aromatic N) is 3. The molecule has 33 heavy (non-hydrogen) atoms. The predicted molar refractivity (Wildman–Crippen MR) is 121 cm³/mol. The summed E-state index contributed by atoms with van der Waals surface area (Å²) in [7, 11) is -2.33. The van der Waals surface area contributed by atoms with E-state index in [0.29, 0.717) is 17.1 Å². The molecular formula is C22H22FN3O5S2. The van der Waals surface area contributed by atoms with E-state index in [0.717, 1.165) is 11.8 Å². The van der Waals surface area contributed by atoms with Gasteiger partial charge in [-0.05, 0) is 36.4 Å². The third kappa shape index (κ3) is 5.15. The molecule has 1 amide bonds. The third-order valence-corrected chi connectivity index (χ3v) is 7.76. The van der Waals surface area contributed by atoms with Gasteiger partial charge in [0.2, 0.25) is 10.0 Å². The van der Waals surface area contributed by atoms with Crippen LogP contribution < -0.4 is 9.47 Å². The Balaban J connectivity index is 1.41. The Bertz CT molecular complexity index is 1230. The van der Waals surface area contributed by atoms with Gasteiger partial charge in [0.15, 0.2) is 11.5 Å². The van der Waals surface area contributed by atoms with E-state index in [4.69, 9.17) is 9.47 Å². The number of carbonyl (C=O) groups excluding carboxylic acids is 1. The molecule has 0 saturated carbocycles. The largest absolute Gasteiger partial charge is 0.493 e. The van der Waals surface area contributed by atoms with E-state index >= 15 is 0 Å². The minimum Gasteiger partial charge on any atom is -0.493 e. The van der Waals surface area contributed by atoms with Gasteiger partial charge in [-0.2, -0.15) is 4.31 Å². The second kappa shape index (κ2) is 9.86. The average Bonchev–Trinajstić information content (AvgIpc) is 3.36. The molecule has 0 unspecified atom stereocenters. The van der Waals surface area contributed by atoms with Crippen LogP contribution in [0, 0.1) is 5.82 Å². The highest BCUT2D eigenvalue weighted by Crippen LogP contribution is 2.29. The van der Waals surface area contributed by atoms with Crippen molar-refractivity contribution in [2.75, 3.05) is 33.3 Å². The van der Waals surface area contributed by atoms with Gasteiger partial charge in [0, 0.05) is 37.1 Å². The number of aromatic nitrogens is 1. The van der Waals surface area contributed by atoms with Crippen LogP contribution in [0.4, 0.5) is 4.39 Å². The van der Waals surface area contributed by atoms with Gasteiger partial charge < -0.3 is 14.4 Å². The molecule has 0 bridgehead atoms. The summed E-state index contributed by atoms with van der Waals surface area (Å²) in [6.45, 7) is 0.970. The van der Waals surface area contributed by atoms with Crippen molar-refractivity contribution < 1.29 is 27.1 Å². The fourth-order valence-electron chi connectivity index (χ4n) is 3.47. The Morgan fingerprint density at radius 3 is 2.58 bits per heavy atom. The molecular weight excluding hydrogens is 469 g/mol. The lowest BCUT2D eigenvalue weighted by atomic mass is 10.1. The Hall–Kier alpha value is -3.02. The van der Waals surface area contributed by atoms with Crippen LogP contribution in [0.1, 0.15) is 16.1 Å². The number of hydrogen-bond donors (Lipinski definition) is 0. The molecule has 0 spiro atoms. The fraction of sp³-hybridized carbons (Fsp3) is 0.273. The van der Waals surface area contributed by atoms with Crippen LogP contribution in [0.3, 0.4) is 0 Å². The summed E-state index contributed by atoms with van der Waals surface area (Å²) < 4.78 is 51.4. The number of rotatable bonds is 7. The zero-order valence-electron chi connectivity index (χ0n) is 17.8. The lowest BCUT2D eigenvalue weighted by molar-refractivity contribution is 0.0697. The van der Waals surface area contributed by atoms with E-state index in [1.54, 1.807) is 28.6 Å². The molecule has 0 radical (unpaired) electrons. The van der Waals surface area contributed by atoms with Crippen molar-refractivity contribution in [2.24, 2.45) is 0 Å². The van der Waals surface area contributed by atoms with E-state index in [-0.39, 0.29) is 43.6 Å². The van der Waals surface area contributed by atoms with Crippen molar-refractivity contribution in [1.29, 1.82) is 0 Å². The number of thiazole rings is 1. The van der Waals surface area contributed by atoms with Crippen molar-refractivity contribution in [1.82, 2.24) is 14.2 Å². The maximum atomic E-state index is 13.5. The number of halogens is 1. The molecule has 0 atom stereocenters. The summed E-state index contributed by atoms with van der Waals surface area (Å²) in [5, 5.41) is 1.89. The van der Waals surface area contributed by atoms with Gasteiger partial charge >= 0.3 is 0 Å². The molecule has 0 aliphatic carbocycles. The predicted octanol–water partition coefficient (Wildman–Crippen LogP) is 3.02. The molecule has 174 valence electrons. The molecule has 1 aromatic heterocycles. The molecule has 1 saturated heterocycles. The van der Waals surface area contributed by atoms with Crippen LogP contribution in [-0.2, 0) is 16.6 Å². The number of sulfonamides is 1. The van der Waals surface area contributed by atoms with Gasteiger partial charge in [0.05, 0.1) is 23.2 Å². The van der Waals surface area contributed by atoms with Crippen molar-refractivity contribution >= 4 is 27.3 Å². The Labute approximate surface area is 195 Å². The number of hydrogen-bond acceptors (Lipinski definition) is 7. The van der Waals surface area contributed by atoms with E-state index in [1.807, 2.05) is 5.38 Å². The molecule has 4 rings (SSSR count). The van der Waals surface area contributed by atoms with Gasteiger partial charge in [-0.3, -0.25) is 4.79 Å². The minimum absolute atomic E-state index is 0.0970. The highest BCUT2D eigenvalue weighted by atomic mass is 32.2. The maximum absolute atomic E-state index is 13.5. The van der Waals surface area contributed by atoms with Gasteiger partial charge in [-0.15, -0.1) is 11.3 Å². The summed E-state index contributed by atoms with van der Waals surface area (Å²) in [6, 6.07) is 9.84. The number of carbonyl (C=O) groups is 1. The lowest BCUT2D eigenvalue weighted by Crippen LogP contribution is -2.50. The molecule has 8 nitrogen and oxygen atoms in total. The van der Waals surface area contributed by atoms with E-state index in [2.05, 4.69) is 4.98 Å². The van der Waals surface area contributed by atoms with Crippen molar-refractivity contribution in [3.63, 3.8) is 0 Å². The summed E-state index contributed by atoms with van der Waals surface area (Å²) in [5.74, 6) is 0.0662. The van der Waals surface area contributed by atoms with Gasteiger partial charge in [-0.1, -0.05) is 6.07 Å². The molecule has 3 aromatic rings. The summed E-state index contributed by atoms with van der Waals surface area (Å²) >= 11 is 1.48. The van der Waals surface area contributed by atoms with E-state index < -0.39 is 15.8 Å². The monoisotopic (exact) mass is 491 g/mol. The highest BCUT2D eigenvalue weighted by molar-refractivity contribution is 7.89. The molecule has 1 aliphatic rings. The smallest absolute Gasteiger partial charge is 0.254 e. The van der Waals surface area contributed by atoms with Crippen molar-refractivity contribution in [2.45, 2.75) is 11.5 Å². The van der Waals surface area contributed by atoms with Crippen molar-refractivity contribution in [3.05, 3.63) is 70.4 Å². The number of amides is 1. The Kier molecular flexibility index (Phi) is 6.91. The van der Waals surface area contributed by atoms with Crippen LogP contribution in [0.25, 0.3) is 0 Å².